The number of benzene rings is 1. The van der Waals surface area contributed by atoms with Gasteiger partial charge in [-0.05, 0) is 24.6 Å². The molecule has 2 rings (SSSR count). The van der Waals surface area contributed by atoms with Crippen molar-refractivity contribution in [2.24, 2.45) is 0 Å². The van der Waals surface area contributed by atoms with Gasteiger partial charge in [-0.1, -0.05) is 23.7 Å². The number of anilines is 1. The summed E-state index contributed by atoms with van der Waals surface area (Å²) in [4.78, 5) is 9.38. The predicted octanol–water partition coefficient (Wildman–Crippen LogP) is 3.47. The largest absolute Gasteiger partial charge is 0.353 e. The zero-order valence-corrected chi connectivity index (χ0v) is 10.9. The van der Waals surface area contributed by atoms with E-state index in [0.29, 0.717) is 10.8 Å². The third kappa shape index (κ3) is 2.76. The lowest BCUT2D eigenvalue weighted by atomic mass is 10.1. The smallest absolute Gasteiger partial charge is 0.218 e. The summed E-state index contributed by atoms with van der Waals surface area (Å²) in [6.07, 6.45) is 1.22. The van der Waals surface area contributed by atoms with Crippen LogP contribution in [-0.2, 0) is 0 Å². The number of halogens is 2. The van der Waals surface area contributed by atoms with Crippen molar-refractivity contribution in [2.75, 3.05) is 11.9 Å². The Balaban J connectivity index is 2.23. The van der Waals surface area contributed by atoms with E-state index < -0.39 is 5.95 Å². The lowest BCUT2D eigenvalue weighted by Crippen LogP contribution is -2.22. The Bertz CT molecular complexity index is 530. The highest BCUT2D eigenvalue weighted by Crippen LogP contribution is 2.24. The second-order valence-electron chi connectivity index (χ2n) is 4.04. The Morgan fingerprint density at radius 1 is 1.22 bits per heavy atom. The van der Waals surface area contributed by atoms with Gasteiger partial charge in [-0.3, -0.25) is 0 Å². The van der Waals surface area contributed by atoms with Gasteiger partial charge in [0, 0.05) is 18.1 Å². The normalized spacial score (nSPS) is 12.2. The van der Waals surface area contributed by atoms with Gasteiger partial charge in [-0.25, -0.2) is 9.97 Å². The van der Waals surface area contributed by atoms with Gasteiger partial charge in [0.05, 0.1) is 6.04 Å². The van der Waals surface area contributed by atoms with Crippen LogP contribution in [-0.4, -0.2) is 17.0 Å². The quantitative estimate of drug-likeness (QED) is 0.796. The van der Waals surface area contributed by atoms with Gasteiger partial charge >= 0.3 is 0 Å². The first-order valence-electron chi connectivity index (χ1n) is 5.54. The van der Waals surface area contributed by atoms with E-state index in [1.807, 2.05) is 43.1 Å². The molecule has 5 heteroatoms. The van der Waals surface area contributed by atoms with Gasteiger partial charge in [0.15, 0.2) is 0 Å². The van der Waals surface area contributed by atoms with E-state index in [-0.39, 0.29) is 6.04 Å². The Morgan fingerprint density at radius 2 is 1.89 bits per heavy atom. The van der Waals surface area contributed by atoms with Crippen LogP contribution in [0.2, 0.25) is 5.02 Å². The van der Waals surface area contributed by atoms with Crippen molar-refractivity contribution in [3.63, 3.8) is 0 Å². The standard InChI is InChI=1S/C13H13ClFN3/c1-9(10-3-5-11(14)6-4-10)18(2)13-7-12(15)16-8-17-13/h3-9H,1-2H3. The average Bonchev–Trinajstić information content (AvgIpc) is 2.38. The van der Waals surface area contributed by atoms with Gasteiger partial charge in [0.2, 0.25) is 5.95 Å². The summed E-state index contributed by atoms with van der Waals surface area (Å²) in [6, 6.07) is 8.94. The molecule has 3 nitrogen and oxygen atoms in total. The molecule has 0 radical (unpaired) electrons. The Labute approximate surface area is 110 Å². The molecule has 0 fully saturated rings. The highest BCUT2D eigenvalue weighted by Gasteiger charge is 2.14. The third-order valence-corrected chi connectivity index (χ3v) is 3.17. The molecule has 0 saturated carbocycles. The van der Waals surface area contributed by atoms with Gasteiger partial charge in [-0.2, -0.15) is 4.39 Å². The second kappa shape index (κ2) is 5.31. The van der Waals surface area contributed by atoms with Crippen molar-refractivity contribution >= 4 is 17.4 Å². The van der Waals surface area contributed by atoms with Crippen LogP contribution in [0.1, 0.15) is 18.5 Å². The van der Waals surface area contributed by atoms with E-state index in [4.69, 9.17) is 11.6 Å². The lowest BCUT2D eigenvalue weighted by molar-refractivity contribution is 0.576. The van der Waals surface area contributed by atoms with Crippen molar-refractivity contribution in [1.82, 2.24) is 9.97 Å². The molecule has 0 aliphatic carbocycles. The molecule has 0 N–H and O–H groups in total. The van der Waals surface area contributed by atoms with Crippen LogP contribution >= 0.6 is 11.6 Å². The molecule has 0 spiro atoms. The predicted molar refractivity (Wildman–Crippen MR) is 70.3 cm³/mol. The fourth-order valence-electron chi connectivity index (χ4n) is 1.68. The molecule has 0 bridgehead atoms. The summed E-state index contributed by atoms with van der Waals surface area (Å²) in [5, 5.41) is 0.696. The number of hydrogen-bond donors (Lipinski definition) is 0. The maximum atomic E-state index is 13.1. The molecular formula is C13H13ClFN3. The molecule has 0 aliphatic heterocycles. The summed E-state index contributed by atoms with van der Waals surface area (Å²) in [5.74, 6) is 0.0140. The maximum absolute atomic E-state index is 13.1. The minimum absolute atomic E-state index is 0.0663. The van der Waals surface area contributed by atoms with Crippen LogP contribution in [0.4, 0.5) is 10.2 Å². The number of hydrogen-bond acceptors (Lipinski definition) is 3. The average molecular weight is 266 g/mol. The number of aromatic nitrogens is 2. The minimum atomic E-state index is -0.532. The van der Waals surface area contributed by atoms with E-state index in [1.54, 1.807) is 0 Å². The maximum Gasteiger partial charge on any atom is 0.218 e. The van der Waals surface area contributed by atoms with Crippen LogP contribution in [0.15, 0.2) is 36.7 Å². The van der Waals surface area contributed by atoms with Crippen molar-refractivity contribution in [2.45, 2.75) is 13.0 Å². The van der Waals surface area contributed by atoms with E-state index in [0.717, 1.165) is 5.56 Å². The molecule has 18 heavy (non-hydrogen) atoms. The Morgan fingerprint density at radius 3 is 2.50 bits per heavy atom. The molecule has 0 aliphatic rings. The molecule has 0 amide bonds. The zero-order valence-electron chi connectivity index (χ0n) is 10.1. The molecule has 1 atom stereocenters. The lowest BCUT2D eigenvalue weighted by Gasteiger charge is -2.26. The number of rotatable bonds is 3. The Hall–Kier alpha value is -1.68. The van der Waals surface area contributed by atoms with Crippen LogP contribution in [0.25, 0.3) is 0 Å². The van der Waals surface area contributed by atoms with E-state index in [1.165, 1.54) is 12.4 Å². The van der Waals surface area contributed by atoms with Crippen molar-refractivity contribution in [1.29, 1.82) is 0 Å². The fraction of sp³-hybridized carbons (Fsp3) is 0.231. The van der Waals surface area contributed by atoms with Crippen LogP contribution in [0.3, 0.4) is 0 Å². The summed E-state index contributed by atoms with van der Waals surface area (Å²) < 4.78 is 13.1. The molecular weight excluding hydrogens is 253 g/mol. The summed E-state index contributed by atoms with van der Waals surface area (Å²) >= 11 is 5.85. The Kier molecular flexibility index (Phi) is 3.77. The van der Waals surface area contributed by atoms with E-state index in [2.05, 4.69) is 9.97 Å². The monoisotopic (exact) mass is 265 g/mol. The van der Waals surface area contributed by atoms with Crippen LogP contribution in [0, 0.1) is 5.95 Å². The zero-order chi connectivity index (χ0) is 13.1. The van der Waals surface area contributed by atoms with Gasteiger partial charge in [0.25, 0.3) is 0 Å². The molecule has 1 aromatic carbocycles. The fourth-order valence-corrected chi connectivity index (χ4v) is 1.81. The molecule has 1 unspecified atom stereocenters. The van der Waals surface area contributed by atoms with Crippen LogP contribution in [0.5, 0.6) is 0 Å². The minimum Gasteiger partial charge on any atom is -0.353 e. The van der Waals surface area contributed by atoms with E-state index >= 15 is 0 Å². The number of nitrogens with zero attached hydrogens (tertiary/aromatic N) is 3. The first-order valence-corrected chi connectivity index (χ1v) is 5.91. The highest BCUT2D eigenvalue weighted by atomic mass is 35.5. The summed E-state index contributed by atoms with van der Waals surface area (Å²) in [5.41, 5.74) is 1.08. The highest BCUT2D eigenvalue weighted by molar-refractivity contribution is 6.30. The topological polar surface area (TPSA) is 29.0 Å². The first-order chi connectivity index (χ1) is 8.58. The molecule has 94 valence electrons. The summed E-state index contributed by atoms with van der Waals surface area (Å²) in [6.45, 7) is 2.02. The van der Waals surface area contributed by atoms with Crippen LogP contribution < -0.4 is 4.90 Å². The molecule has 2 aromatic rings. The first kappa shape index (κ1) is 12.8. The van der Waals surface area contributed by atoms with Crippen molar-refractivity contribution in [3.05, 3.63) is 53.2 Å². The molecule has 1 heterocycles. The molecule has 0 saturated heterocycles. The summed E-state index contributed by atoms with van der Waals surface area (Å²) in [7, 11) is 1.86. The second-order valence-corrected chi connectivity index (χ2v) is 4.47. The van der Waals surface area contributed by atoms with E-state index in [9.17, 15) is 4.39 Å². The van der Waals surface area contributed by atoms with Gasteiger partial charge in [-0.15, -0.1) is 0 Å². The van der Waals surface area contributed by atoms with Gasteiger partial charge < -0.3 is 4.90 Å². The van der Waals surface area contributed by atoms with Gasteiger partial charge in [0.1, 0.15) is 12.1 Å². The van der Waals surface area contributed by atoms with Crippen molar-refractivity contribution < 1.29 is 4.39 Å². The third-order valence-electron chi connectivity index (χ3n) is 2.91. The SMILES string of the molecule is CC(c1ccc(Cl)cc1)N(C)c1cc(F)ncn1. The van der Waals surface area contributed by atoms with Crippen molar-refractivity contribution in [3.8, 4) is 0 Å². The molecule has 1 aromatic heterocycles.